The number of rotatable bonds is 4. The number of hydrogen-bond donors (Lipinski definition) is 1. The molecule has 1 saturated heterocycles. The minimum Gasteiger partial charge on any atom is -0.355 e. The van der Waals surface area contributed by atoms with E-state index in [0.717, 1.165) is 55.7 Å². The van der Waals surface area contributed by atoms with E-state index in [4.69, 9.17) is 0 Å². The summed E-state index contributed by atoms with van der Waals surface area (Å²) in [4.78, 5) is 14.5. The third kappa shape index (κ3) is 3.32. The molecule has 0 spiro atoms. The highest BCUT2D eigenvalue weighted by Crippen LogP contribution is 2.28. The van der Waals surface area contributed by atoms with Crippen molar-refractivity contribution in [1.82, 2.24) is 25.1 Å². The molecular formula is C18H26N6O. The Morgan fingerprint density at radius 3 is 2.72 bits per heavy atom. The molecular weight excluding hydrogens is 316 g/mol. The van der Waals surface area contributed by atoms with E-state index in [1.165, 1.54) is 12.8 Å². The van der Waals surface area contributed by atoms with Crippen molar-refractivity contribution in [2.24, 2.45) is 17.8 Å². The lowest BCUT2D eigenvalue weighted by Gasteiger charge is -2.40. The molecule has 7 heteroatoms. The molecule has 2 aliphatic rings. The summed E-state index contributed by atoms with van der Waals surface area (Å²) in [6, 6.07) is 3.93. The quantitative estimate of drug-likeness (QED) is 0.917. The topological polar surface area (TPSA) is 75.4 Å². The Labute approximate surface area is 147 Å². The number of hydrogen-bond acceptors (Lipinski definition) is 5. The highest BCUT2D eigenvalue weighted by Gasteiger charge is 2.30. The lowest BCUT2D eigenvalue weighted by Crippen LogP contribution is -2.52. The summed E-state index contributed by atoms with van der Waals surface area (Å²) in [5.74, 6) is 3.51. The van der Waals surface area contributed by atoms with Gasteiger partial charge in [0.1, 0.15) is 5.82 Å². The molecule has 134 valence electrons. The molecule has 1 saturated carbocycles. The number of anilines is 1. The maximum Gasteiger partial charge on any atom is 0.223 e. The first kappa shape index (κ1) is 16.3. The number of aromatic nitrogens is 4. The van der Waals surface area contributed by atoms with E-state index in [2.05, 4.69) is 32.4 Å². The second kappa shape index (κ2) is 6.61. The van der Waals surface area contributed by atoms with Crippen LogP contribution in [0.2, 0.25) is 0 Å². The van der Waals surface area contributed by atoms with Gasteiger partial charge < -0.3 is 10.2 Å². The second-order valence-electron chi connectivity index (χ2n) is 7.68. The van der Waals surface area contributed by atoms with E-state index < -0.39 is 0 Å². The summed E-state index contributed by atoms with van der Waals surface area (Å²) in [6.07, 6.45) is 4.47. The molecule has 3 heterocycles. The number of aryl methyl sites for hydroxylation is 1. The predicted molar refractivity (Wildman–Crippen MR) is 95.4 cm³/mol. The van der Waals surface area contributed by atoms with Crippen molar-refractivity contribution < 1.29 is 4.79 Å². The Kier molecular flexibility index (Phi) is 4.31. The molecule has 1 aliphatic heterocycles. The average molecular weight is 342 g/mol. The summed E-state index contributed by atoms with van der Waals surface area (Å²) >= 11 is 0. The van der Waals surface area contributed by atoms with Gasteiger partial charge in [-0.05, 0) is 50.7 Å². The fourth-order valence-electron chi connectivity index (χ4n) is 3.85. The SMILES string of the molecule is Cc1nnc2ccc(N3CC(CNC(=O)C4CCC(C)CC4)C3)nn12. The summed E-state index contributed by atoms with van der Waals surface area (Å²) in [5, 5.41) is 15.9. The van der Waals surface area contributed by atoms with Crippen LogP contribution in [0.25, 0.3) is 5.65 Å². The van der Waals surface area contributed by atoms with E-state index in [0.29, 0.717) is 5.92 Å². The van der Waals surface area contributed by atoms with Gasteiger partial charge in [-0.25, -0.2) is 0 Å². The first-order valence-electron chi connectivity index (χ1n) is 9.32. The molecule has 0 atom stereocenters. The third-order valence-corrected chi connectivity index (χ3v) is 5.64. The Bertz CT molecular complexity index is 758. The van der Waals surface area contributed by atoms with E-state index in [1.54, 1.807) is 4.52 Å². The van der Waals surface area contributed by atoms with Crippen LogP contribution < -0.4 is 10.2 Å². The molecule has 0 radical (unpaired) electrons. The number of amides is 1. The van der Waals surface area contributed by atoms with Crippen LogP contribution >= 0.6 is 0 Å². The van der Waals surface area contributed by atoms with Crippen molar-refractivity contribution >= 4 is 17.4 Å². The van der Waals surface area contributed by atoms with Gasteiger partial charge in [-0.15, -0.1) is 15.3 Å². The Morgan fingerprint density at radius 2 is 1.96 bits per heavy atom. The van der Waals surface area contributed by atoms with E-state index in [-0.39, 0.29) is 11.8 Å². The minimum atomic E-state index is 0.230. The van der Waals surface area contributed by atoms with Crippen LogP contribution in [0.5, 0.6) is 0 Å². The molecule has 4 rings (SSSR count). The van der Waals surface area contributed by atoms with Crippen LogP contribution in [0.4, 0.5) is 5.82 Å². The van der Waals surface area contributed by atoms with Crippen LogP contribution in [0.15, 0.2) is 12.1 Å². The molecule has 0 bridgehead atoms. The fraction of sp³-hybridized carbons (Fsp3) is 0.667. The van der Waals surface area contributed by atoms with Gasteiger partial charge in [-0.1, -0.05) is 6.92 Å². The van der Waals surface area contributed by atoms with Crippen LogP contribution in [-0.4, -0.2) is 45.4 Å². The third-order valence-electron chi connectivity index (χ3n) is 5.64. The molecule has 2 aromatic rings. The number of carbonyl (C=O) groups is 1. The smallest absolute Gasteiger partial charge is 0.223 e. The monoisotopic (exact) mass is 342 g/mol. The number of carbonyl (C=O) groups excluding carboxylic acids is 1. The first-order valence-corrected chi connectivity index (χ1v) is 9.32. The maximum atomic E-state index is 12.3. The normalized spacial score (nSPS) is 24.3. The van der Waals surface area contributed by atoms with Crippen LogP contribution in [-0.2, 0) is 4.79 Å². The van der Waals surface area contributed by atoms with Crippen molar-refractivity contribution in [3.05, 3.63) is 18.0 Å². The molecule has 0 unspecified atom stereocenters. The van der Waals surface area contributed by atoms with Gasteiger partial charge in [-0.2, -0.15) is 4.52 Å². The zero-order valence-electron chi connectivity index (χ0n) is 15.0. The summed E-state index contributed by atoms with van der Waals surface area (Å²) in [5.41, 5.74) is 0.771. The maximum absolute atomic E-state index is 12.3. The fourth-order valence-corrected chi connectivity index (χ4v) is 3.85. The molecule has 1 N–H and O–H groups in total. The van der Waals surface area contributed by atoms with Gasteiger partial charge in [0.05, 0.1) is 0 Å². The minimum absolute atomic E-state index is 0.230. The standard InChI is InChI=1S/C18H26N6O/c1-12-3-5-15(6-4-12)18(25)19-9-14-10-23(11-14)17-8-7-16-21-20-13(2)24(16)22-17/h7-8,12,14-15H,3-6,9-11H2,1-2H3,(H,19,25). The second-order valence-corrected chi connectivity index (χ2v) is 7.68. The van der Waals surface area contributed by atoms with Gasteiger partial charge in [-0.3, -0.25) is 4.79 Å². The van der Waals surface area contributed by atoms with Gasteiger partial charge >= 0.3 is 0 Å². The van der Waals surface area contributed by atoms with Crippen molar-refractivity contribution in [3.63, 3.8) is 0 Å². The Morgan fingerprint density at radius 1 is 1.20 bits per heavy atom. The van der Waals surface area contributed by atoms with E-state index in [1.807, 2.05) is 19.1 Å². The summed E-state index contributed by atoms with van der Waals surface area (Å²) < 4.78 is 1.77. The van der Waals surface area contributed by atoms with Gasteiger partial charge in [0, 0.05) is 31.5 Å². The Hall–Kier alpha value is -2.18. The van der Waals surface area contributed by atoms with Gasteiger partial charge in [0.25, 0.3) is 0 Å². The van der Waals surface area contributed by atoms with Crippen molar-refractivity contribution in [1.29, 1.82) is 0 Å². The van der Waals surface area contributed by atoms with Crippen LogP contribution in [0.3, 0.4) is 0 Å². The van der Waals surface area contributed by atoms with Crippen LogP contribution in [0, 0.1) is 24.7 Å². The van der Waals surface area contributed by atoms with Crippen molar-refractivity contribution in [3.8, 4) is 0 Å². The van der Waals surface area contributed by atoms with E-state index >= 15 is 0 Å². The molecule has 7 nitrogen and oxygen atoms in total. The molecule has 0 aromatic carbocycles. The molecule has 2 aromatic heterocycles. The van der Waals surface area contributed by atoms with Gasteiger partial charge in [0.2, 0.25) is 5.91 Å². The van der Waals surface area contributed by atoms with E-state index in [9.17, 15) is 4.79 Å². The predicted octanol–water partition coefficient (Wildman–Crippen LogP) is 1.81. The van der Waals surface area contributed by atoms with Crippen molar-refractivity contribution in [2.45, 2.75) is 39.5 Å². The number of fused-ring (bicyclic) bond motifs is 1. The lowest BCUT2D eigenvalue weighted by atomic mass is 9.82. The summed E-state index contributed by atoms with van der Waals surface area (Å²) in [7, 11) is 0. The van der Waals surface area contributed by atoms with Crippen molar-refractivity contribution in [2.75, 3.05) is 24.5 Å². The molecule has 25 heavy (non-hydrogen) atoms. The molecule has 2 fully saturated rings. The Balaban J connectivity index is 1.26. The zero-order valence-corrected chi connectivity index (χ0v) is 15.0. The number of nitrogens with one attached hydrogen (secondary N) is 1. The first-order chi connectivity index (χ1) is 12.1. The van der Waals surface area contributed by atoms with Crippen LogP contribution in [0.1, 0.15) is 38.4 Å². The zero-order chi connectivity index (χ0) is 17.4. The molecule has 1 amide bonds. The highest BCUT2D eigenvalue weighted by molar-refractivity contribution is 5.78. The largest absolute Gasteiger partial charge is 0.355 e. The molecule has 1 aliphatic carbocycles. The van der Waals surface area contributed by atoms with Gasteiger partial charge in [0.15, 0.2) is 11.5 Å². The lowest BCUT2D eigenvalue weighted by molar-refractivity contribution is -0.126. The number of nitrogens with zero attached hydrogens (tertiary/aromatic N) is 5. The highest BCUT2D eigenvalue weighted by atomic mass is 16.1. The summed E-state index contributed by atoms with van der Waals surface area (Å²) in [6.45, 7) is 6.82. The average Bonchev–Trinajstić information content (AvgIpc) is 2.95.